The molecule has 4 amide bonds. The lowest BCUT2D eigenvalue weighted by molar-refractivity contribution is -0.133. The molecule has 1 N–H and O–H groups in total. The van der Waals surface area contributed by atoms with E-state index in [-0.39, 0.29) is 29.8 Å². The Hall–Kier alpha value is -1.79. The normalized spacial score (nSPS) is 21.9. The second-order valence-corrected chi connectivity index (χ2v) is 8.10. The van der Waals surface area contributed by atoms with Gasteiger partial charge in [-0.3, -0.25) is 9.59 Å². The number of rotatable bonds is 5. The van der Waals surface area contributed by atoms with Gasteiger partial charge in [-0.15, -0.1) is 0 Å². The van der Waals surface area contributed by atoms with Gasteiger partial charge in [-0.05, 0) is 52.4 Å². The molecule has 2 saturated heterocycles. The van der Waals surface area contributed by atoms with Gasteiger partial charge in [0, 0.05) is 57.1 Å². The Morgan fingerprint density at radius 1 is 0.815 bits per heavy atom. The third-order valence-electron chi connectivity index (χ3n) is 6.25. The Balaban J connectivity index is 1.38. The van der Waals surface area contributed by atoms with Crippen molar-refractivity contribution in [2.75, 3.05) is 39.3 Å². The molecule has 2 heterocycles. The molecular weight excluding hydrogens is 344 g/mol. The summed E-state index contributed by atoms with van der Waals surface area (Å²) in [6, 6.07) is 0.266. The highest BCUT2D eigenvalue weighted by molar-refractivity contribution is 5.81. The molecule has 0 aromatic heterocycles. The van der Waals surface area contributed by atoms with Crippen LogP contribution < -0.4 is 5.32 Å². The van der Waals surface area contributed by atoms with Gasteiger partial charge in [-0.25, -0.2) is 4.79 Å². The number of nitrogens with zero attached hydrogens (tertiary/aromatic N) is 3. The maximum atomic E-state index is 12.6. The third-order valence-corrected chi connectivity index (χ3v) is 6.25. The highest BCUT2D eigenvalue weighted by Crippen LogP contribution is 2.32. The van der Waals surface area contributed by atoms with Crippen LogP contribution in [0, 0.1) is 11.8 Å². The van der Waals surface area contributed by atoms with Gasteiger partial charge < -0.3 is 20.0 Å². The molecule has 0 aromatic rings. The standard InChI is InChI=1S/C20H34N4O3/c1-3-22(4-2)20(27)24-11-7-15(8-12-24)18(25)21-17-9-13-23(14-10-17)19(26)16-5-6-16/h15-17H,3-14H2,1-2H3,(H,21,25). The molecule has 152 valence electrons. The molecule has 0 spiro atoms. The van der Waals surface area contributed by atoms with Gasteiger partial charge in [0.1, 0.15) is 0 Å². The predicted octanol–water partition coefficient (Wildman–Crippen LogP) is 1.68. The number of hydrogen-bond acceptors (Lipinski definition) is 3. The van der Waals surface area contributed by atoms with Crippen LogP contribution in [0.3, 0.4) is 0 Å². The quantitative estimate of drug-likeness (QED) is 0.791. The predicted molar refractivity (Wildman–Crippen MR) is 103 cm³/mol. The van der Waals surface area contributed by atoms with E-state index in [0.29, 0.717) is 19.0 Å². The summed E-state index contributed by atoms with van der Waals surface area (Å²) in [5.41, 5.74) is 0. The second-order valence-electron chi connectivity index (χ2n) is 8.10. The molecule has 0 aromatic carbocycles. The molecule has 7 nitrogen and oxygen atoms in total. The topological polar surface area (TPSA) is 73.0 Å². The molecule has 0 atom stereocenters. The molecule has 3 fully saturated rings. The fourth-order valence-electron chi connectivity index (χ4n) is 4.18. The molecule has 0 bridgehead atoms. The molecule has 1 saturated carbocycles. The molecule has 1 aliphatic carbocycles. The minimum atomic E-state index is -0.00289. The maximum Gasteiger partial charge on any atom is 0.319 e. The summed E-state index contributed by atoms with van der Waals surface area (Å²) < 4.78 is 0. The van der Waals surface area contributed by atoms with Crippen LogP contribution in [0.2, 0.25) is 0 Å². The molecule has 3 rings (SSSR count). The van der Waals surface area contributed by atoms with Crippen molar-refractivity contribution in [3.63, 3.8) is 0 Å². The zero-order valence-electron chi connectivity index (χ0n) is 16.8. The van der Waals surface area contributed by atoms with E-state index in [4.69, 9.17) is 0 Å². The monoisotopic (exact) mass is 378 g/mol. The van der Waals surface area contributed by atoms with Crippen LogP contribution in [-0.4, -0.2) is 77.9 Å². The number of carbonyl (C=O) groups is 3. The molecule has 0 unspecified atom stereocenters. The van der Waals surface area contributed by atoms with E-state index >= 15 is 0 Å². The van der Waals surface area contributed by atoms with Crippen molar-refractivity contribution in [2.24, 2.45) is 11.8 Å². The molecule has 27 heavy (non-hydrogen) atoms. The SMILES string of the molecule is CCN(CC)C(=O)N1CCC(C(=O)NC2CCN(C(=O)C3CC3)CC2)CC1. The number of urea groups is 1. The minimum absolute atomic E-state index is 0.00289. The number of piperidine rings is 2. The van der Waals surface area contributed by atoms with E-state index < -0.39 is 0 Å². The summed E-state index contributed by atoms with van der Waals surface area (Å²) in [6.45, 7) is 8.25. The molecule has 0 radical (unpaired) electrons. The average Bonchev–Trinajstić information content (AvgIpc) is 3.54. The number of nitrogens with one attached hydrogen (secondary N) is 1. The Morgan fingerprint density at radius 3 is 1.89 bits per heavy atom. The fraction of sp³-hybridized carbons (Fsp3) is 0.850. The minimum Gasteiger partial charge on any atom is -0.353 e. The summed E-state index contributed by atoms with van der Waals surface area (Å²) in [6.07, 6.45) is 5.26. The summed E-state index contributed by atoms with van der Waals surface area (Å²) in [4.78, 5) is 42.8. The maximum absolute atomic E-state index is 12.6. The van der Waals surface area contributed by atoms with E-state index in [2.05, 4.69) is 5.32 Å². The van der Waals surface area contributed by atoms with Crippen LogP contribution in [0.5, 0.6) is 0 Å². The van der Waals surface area contributed by atoms with Crippen LogP contribution in [0.1, 0.15) is 52.4 Å². The molecule has 7 heteroatoms. The smallest absolute Gasteiger partial charge is 0.319 e. The Labute approximate surface area is 162 Å². The van der Waals surface area contributed by atoms with E-state index in [1.165, 1.54) is 0 Å². The number of amides is 4. The highest BCUT2D eigenvalue weighted by Gasteiger charge is 2.35. The van der Waals surface area contributed by atoms with Gasteiger partial charge in [0.15, 0.2) is 0 Å². The molecular formula is C20H34N4O3. The summed E-state index contributed by atoms with van der Waals surface area (Å²) in [5, 5.41) is 3.19. The lowest BCUT2D eigenvalue weighted by atomic mass is 9.94. The van der Waals surface area contributed by atoms with Crippen LogP contribution in [0.15, 0.2) is 0 Å². The third kappa shape index (κ3) is 4.93. The van der Waals surface area contributed by atoms with Gasteiger partial charge >= 0.3 is 6.03 Å². The van der Waals surface area contributed by atoms with Crippen LogP contribution in [0.25, 0.3) is 0 Å². The highest BCUT2D eigenvalue weighted by atomic mass is 16.2. The fourth-order valence-corrected chi connectivity index (χ4v) is 4.18. The van der Waals surface area contributed by atoms with Crippen molar-refractivity contribution in [1.82, 2.24) is 20.0 Å². The lowest BCUT2D eigenvalue weighted by Gasteiger charge is -2.36. The first-order chi connectivity index (χ1) is 13.0. The molecule has 3 aliphatic rings. The van der Waals surface area contributed by atoms with Crippen molar-refractivity contribution in [2.45, 2.75) is 58.4 Å². The van der Waals surface area contributed by atoms with Crippen LogP contribution in [0.4, 0.5) is 4.79 Å². The van der Waals surface area contributed by atoms with Gasteiger partial charge in [-0.2, -0.15) is 0 Å². The Morgan fingerprint density at radius 2 is 1.37 bits per heavy atom. The van der Waals surface area contributed by atoms with Gasteiger partial charge in [0.25, 0.3) is 0 Å². The number of likely N-dealkylation sites (tertiary alicyclic amines) is 2. The first kappa shape index (κ1) is 20.0. The summed E-state index contributed by atoms with van der Waals surface area (Å²) in [7, 11) is 0. The van der Waals surface area contributed by atoms with Crippen LogP contribution >= 0.6 is 0 Å². The van der Waals surface area contributed by atoms with Crippen molar-refractivity contribution in [3.05, 3.63) is 0 Å². The van der Waals surface area contributed by atoms with E-state index in [0.717, 1.165) is 64.7 Å². The first-order valence-corrected chi connectivity index (χ1v) is 10.7. The zero-order valence-corrected chi connectivity index (χ0v) is 16.8. The van der Waals surface area contributed by atoms with Crippen molar-refractivity contribution >= 4 is 17.8 Å². The van der Waals surface area contributed by atoms with Crippen molar-refractivity contribution in [1.29, 1.82) is 0 Å². The zero-order chi connectivity index (χ0) is 19.4. The van der Waals surface area contributed by atoms with Crippen molar-refractivity contribution in [3.8, 4) is 0 Å². The average molecular weight is 379 g/mol. The Bertz CT molecular complexity index is 543. The summed E-state index contributed by atoms with van der Waals surface area (Å²) >= 11 is 0. The van der Waals surface area contributed by atoms with Crippen molar-refractivity contribution < 1.29 is 14.4 Å². The Kier molecular flexibility index (Phi) is 6.60. The first-order valence-electron chi connectivity index (χ1n) is 10.7. The van der Waals surface area contributed by atoms with Crippen LogP contribution in [-0.2, 0) is 9.59 Å². The van der Waals surface area contributed by atoms with Gasteiger partial charge in [0.2, 0.25) is 11.8 Å². The lowest BCUT2D eigenvalue weighted by Crippen LogP contribution is -2.51. The van der Waals surface area contributed by atoms with Gasteiger partial charge in [0.05, 0.1) is 0 Å². The molecule has 2 aliphatic heterocycles. The van der Waals surface area contributed by atoms with Gasteiger partial charge in [-0.1, -0.05) is 0 Å². The van der Waals surface area contributed by atoms with E-state index in [9.17, 15) is 14.4 Å². The summed E-state index contributed by atoms with van der Waals surface area (Å²) in [5.74, 6) is 0.708. The van der Waals surface area contributed by atoms with E-state index in [1.807, 2.05) is 28.5 Å². The second kappa shape index (κ2) is 8.93. The largest absolute Gasteiger partial charge is 0.353 e. The van der Waals surface area contributed by atoms with E-state index in [1.54, 1.807) is 0 Å². The number of carbonyl (C=O) groups excluding carboxylic acids is 3. The number of hydrogen-bond donors (Lipinski definition) is 1.